The number of rotatable bonds is 5. The van der Waals surface area contributed by atoms with Gasteiger partial charge in [-0.05, 0) is 42.3 Å². The lowest BCUT2D eigenvalue weighted by atomic mass is 10.0. The molecule has 0 fully saturated rings. The lowest BCUT2D eigenvalue weighted by Gasteiger charge is -2.13. The minimum Gasteiger partial charge on any atom is -0.478 e. The van der Waals surface area contributed by atoms with Gasteiger partial charge in [0.2, 0.25) is 0 Å². The molecule has 0 saturated heterocycles. The predicted octanol–water partition coefficient (Wildman–Crippen LogP) is 2.51. The van der Waals surface area contributed by atoms with Crippen LogP contribution in [-0.4, -0.2) is 30.1 Å². The molecule has 0 heterocycles. The van der Waals surface area contributed by atoms with Crippen molar-refractivity contribution < 1.29 is 23.9 Å². The van der Waals surface area contributed by atoms with E-state index >= 15 is 0 Å². The maximum Gasteiger partial charge on any atom is 0.336 e. The lowest BCUT2D eigenvalue weighted by molar-refractivity contribution is 0.0691. The molecule has 0 aromatic heterocycles. The summed E-state index contributed by atoms with van der Waals surface area (Å²) in [6, 6.07) is 7.64. The highest BCUT2D eigenvalue weighted by Crippen LogP contribution is 2.20. The van der Waals surface area contributed by atoms with Gasteiger partial charge in [-0.1, -0.05) is 12.1 Å². The number of halogens is 1. The van der Waals surface area contributed by atoms with Gasteiger partial charge in [0.25, 0.3) is 5.91 Å². The molecule has 26 heavy (non-hydrogen) atoms. The van der Waals surface area contributed by atoms with E-state index in [0.717, 1.165) is 5.56 Å². The van der Waals surface area contributed by atoms with E-state index in [2.05, 4.69) is 16.0 Å². The van der Waals surface area contributed by atoms with Crippen LogP contribution < -0.4 is 16.0 Å². The number of carbonyl (C=O) groups excluding carboxylic acids is 2. The Morgan fingerprint density at radius 3 is 2.54 bits per heavy atom. The zero-order valence-corrected chi connectivity index (χ0v) is 14.2. The van der Waals surface area contributed by atoms with Crippen molar-refractivity contribution in [1.29, 1.82) is 0 Å². The van der Waals surface area contributed by atoms with Gasteiger partial charge in [-0.25, -0.2) is 14.0 Å². The summed E-state index contributed by atoms with van der Waals surface area (Å²) in [6.45, 7) is 1.78. The number of aromatic carboxylic acids is 1. The first kappa shape index (κ1) is 18.9. The smallest absolute Gasteiger partial charge is 0.336 e. The molecule has 2 aromatic rings. The highest BCUT2D eigenvalue weighted by molar-refractivity contribution is 6.13. The Morgan fingerprint density at radius 2 is 1.88 bits per heavy atom. The third-order valence-electron chi connectivity index (χ3n) is 3.77. The minimum atomic E-state index is -1.29. The average molecular weight is 359 g/mol. The zero-order valence-electron chi connectivity index (χ0n) is 14.2. The number of hydrogen-bond acceptors (Lipinski definition) is 4. The summed E-state index contributed by atoms with van der Waals surface area (Å²) in [5.74, 6) is -2.58. The predicted molar refractivity (Wildman–Crippen MR) is 93.8 cm³/mol. The normalized spacial score (nSPS) is 10.1. The average Bonchev–Trinajstić information content (AvgIpc) is 2.61. The van der Waals surface area contributed by atoms with Crippen LogP contribution in [0.25, 0.3) is 0 Å². The van der Waals surface area contributed by atoms with E-state index in [1.807, 2.05) is 0 Å². The van der Waals surface area contributed by atoms with Crippen molar-refractivity contribution in [2.75, 3.05) is 12.4 Å². The Hall–Kier alpha value is -3.42. The first-order valence-corrected chi connectivity index (χ1v) is 7.71. The number of amides is 3. The van der Waals surface area contributed by atoms with Gasteiger partial charge >= 0.3 is 12.0 Å². The molecule has 2 rings (SSSR count). The van der Waals surface area contributed by atoms with Gasteiger partial charge in [0.15, 0.2) is 0 Å². The van der Waals surface area contributed by atoms with Gasteiger partial charge in [-0.3, -0.25) is 10.1 Å². The van der Waals surface area contributed by atoms with E-state index in [0.29, 0.717) is 5.56 Å². The van der Waals surface area contributed by atoms with E-state index in [9.17, 15) is 23.9 Å². The van der Waals surface area contributed by atoms with Crippen molar-refractivity contribution in [2.45, 2.75) is 13.5 Å². The highest BCUT2D eigenvalue weighted by atomic mass is 19.1. The monoisotopic (exact) mass is 359 g/mol. The summed E-state index contributed by atoms with van der Waals surface area (Å²) in [6.07, 6.45) is 0. The zero-order chi connectivity index (χ0) is 19.3. The third-order valence-corrected chi connectivity index (χ3v) is 3.77. The SMILES string of the molecule is CNc1cccc(C(=O)O)c1C(=O)NC(=O)NCc1cc(F)ccc1C. The number of carboxylic acid groups (broad SMARTS) is 1. The second kappa shape index (κ2) is 8.11. The van der Waals surface area contributed by atoms with Crippen molar-refractivity contribution in [3.05, 3.63) is 64.5 Å². The summed E-state index contributed by atoms with van der Waals surface area (Å²) >= 11 is 0. The number of aryl methyl sites for hydroxylation is 1. The maximum atomic E-state index is 13.3. The largest absolute Gasteiger partial charge is 0.478 e. The van der Waals surface area contributed by atoms with Crippen LogP contribution >= 0.6 is 0 Å². The van der Waals surface area contributed by atoms with Crippen molar-refractivity contribution >= 4 is 23.6 Å². The molecular formula is C18H18FN3O4. The Morgan fingerprint density at radius 1 is 1.15 bits per heavy atom. The molecule has 0 aliphatic rings. The van der Waals surface area contributed by atoms with Crippen LogP contribution in [0.2, 0.25) is 0 Å². The van der Waals surface area contributed by atoms with Gasteiger partial charge in [-0.2, -0.15) is 0 Å². The van der Waals surface area contributed by atoms with Crippen molar-refractivity contribution in [3.63, 3.8) is 0 Å². The molecule has 0 aliphatic heterocycles. The summed E-state index contributed by atoms with van der Waals surface area (Å²) < 4.78 is 13.3. The summed E-state index contributed by atoms with van der Waals surface area (Å²) in [7, 11) is 1.53. The van der Waals surface area contributed by atoms with Crippen LogP contribution in [0.3, 0.4) is 0 Å². The third kappa shape index (κ3) is 4.35. The molecule has 0 atom stereocenters. The number of anilines is 1. The van der Waals surface area contributed by atoms with Crippen LogP contribution in [0.15, 0.2) is 36.4 Å². The fourth-order valence-electron chi connectivity index (χ4n) is 2.40. The standard InChI is InChI=1S/C18H18FN3O4/c1-10-6-7-12(19)8-11(10)9-21-18(26)22-16(23)15-13(17(24)25)4-3-5-14(15)20-2/h3-8,20H,9H2,1-2H3,(H,24,25)(H2,21,22,23,26). The molecule has 0 saturated carbocycles. The van der Waals surface area contributed by atoms with E-state index < -0.39 is 23.7 Å². The number of carboxylic acids is 1. The molecule has 0 unspecified atom stereocenters. The second-order valence-electron chi connectivity index (χ2n) is 5.49. The molecule has 8 heteroatoms. The fourth-order valence-corrected chi connectivity index (χ4v) is 2.40. The Bertz CT molecular complexity index is 868. The topological polar surface area (TPSA) is 108 Å². The van der Waals surface area contributed by atoms with Gasteiger partial charge in [0.05, 0.1) is 11.1 Å². The number of imide groups is 1. The minimum absolute atomic E-state index is 0.0160. The van der Waals surface area contributed by atoms with Crippen molar-refractivity contribution in [1.82, 2.24) is 10.6 Å². The molecule has 0 bridgehead atoms. The lowest BCUT2D eigenvalue weighted by Crippen LogP contribution is -2.40. The van der Waals surface area contributed by atoms with Crippen LogP contribution in [0.4, 0.5) is 14.9 Å². The van der Waals surface area contributed by atoms with Gasteiger partial charge < -0.3 is 15.7 Å². The molecule has 2 aromatic carbocycles. The van der Waals surface area contributed by atoms with Crippen LogP contribution in [0.1, 0.15) is 31.8 Å². The quantitative estimate of drug-likeness (QED) is 0.656. The first-order valence-electron chi connectivity index (χ1n) is 7.71. The Kier molecular flexibility index (Phi) is 5.90. The number of hydrogen-bond donors (Lipinski definition) is 4. The van der Waals surface area contributed by atoms with E-state index in [1.165, 1.54) is 37.4 Å². The van der Waals surface area contributed by atoms with Crippen LogP contribution in [0.5, 0.6) is 0 Å². The van der Waals surface area contributed by atoms with Gasteiger partial charge in [0, 0.05) is 19.3 Å². The molecule has 136 valence electrons. The van der Waals surface area contributed by atoms with Gasteiger partial charge in [0.1, 0.15) is 5.82 Å². The van der Waals surface area contributed by atoms with Crippen molar-refractivity contribution in [3.8, 4) is 0 Å². The summed E-state index contributed by atoms with van der Waals surface area (Å²) in [4.78, 5) is 35.6. The highest BCUT2D eigenvalue weighted by Gasteiger charge is 2.21. The molecule has 0 radical (unpaired) electrons. The summed E-state index contributed by atoms with van der Waals surface area (Å²) in [5.41, 5.74) is 1.24. The fraction of sp³-hybridized carbons (Fsp3) is 0.167. The number of carbonyl (C=O) groups is 3. The Labute approximate surface area is 149 Å². The number of nitrogens with one attached hydrogen (secondary N) is 3. The molecule has 0 spiro atoms. The molecular weight excluding hydrogens is 341 g/mol. The molecule has 3 amide bonds. The number of benzene rings is 2. The van der Waals surface area contributed by atoms with E-state index in [-0.39, 0.29) is 23.4 Å². The van der Waals surface area contributed by atoms with Crippen LogP contribution in [0, 0.1) is 12.7 Å². The molecule has 0 aliphatic carbocycles. The first-order chi connectivity index (χ1) is 12.3. The van der Waals surface area contributed by atoms with Crippen molar-refractivity contribution in [2.24, 2.45) is 0 Å². The maximum absolute atomic E-state index is 13.3. The van der Waals surface area contributed by atoms with E-state index in [4.69, 9.17) is 0 Å². The van der Waals surface area contributed by atoms with Crippen LogP contribution in [-0.2, 0) is 6.54 Å². The number of urea groups is 1. The second-order valence-corrected chi connectivity index (χ2v) is 5.49. The summed E-state index contributed by atoms with van der Waals surface area (Å²) in [5, 5.41) is 16.5. The molecule has 7 nitrogen and oxygen atoms in total. The van der Waals surface area contributed by atoms with E-state index in [1.54, 1.807) is 13.0 Å². The molecule has 4 N–H and O–H groups in total. The van der Waals surface area contributed by atoms with Gasteiger partial charge in [-0.15, -0.1) is 0 Å². The Balaban J connectivity index is 2.11.